The molecule has 0 bridgehead atoms. The molecule has 1 aliphatic rings. The van der Waals surface area contributed by atoms with Crippen LogP contribution in [0, 0.1) is 11.8 Å². The van der Waals surface area contributed by atoms with Crippen LogP contribution < -0.4 is 5.32 Å². The summed E-state index contributed by atoms with van der Waals surface area (Å²) in [5, 5.41) is 11.8. The van der Waals surface area contributed by atoms with Gasteiger partial charge in [-0.2, -0.15) is 0 Å². The fourth-order valence-corrected chi connectivity index (χ4v) is 2.90. The Labute approximate surface area is 121 Å². The van der Waals surface area contributed by atoms with Crippen LogP contribution in [0.25, 0.3) is 0 Å². The van der Waals surface area contributed by atoms with E-state index < -0.39 is 17.7 Å². The zero-order valence-corrected chi connectivity index (χ0v) is 12.9. The van der Waals surface area contributed by atoms with E-state index in [-0.39, 0.29) is 18.4 Å². The molecule has 5 heteroatoms. The molecule has 2 N–H and O–H groups in total. The zero-order valence-electron chi connectivity index (χ0n) is 12.9. The summed E-state index contributed by atoms with van der Waals surface area (Å²) in [6.45, 7) is 7.52. The van der Waals surface area contributed by atoms with Gasteiger partial charge >= 0.3 is 12.1 Å². The van der Waals surface area contributed by atoms with Gasteiger partial charge < -0.3 is 15.2 Å². The lowest BCUT2D eigenvalue weighted by molar-refractivity contribution is -0.138. The summed E-state index contributed by atoms with van der Waals surface area (Å²) in [5.74, 6) is -0.237. The first-order valence-corrected chi connectivity index (χ1v) is 7.40. The van der Waals surface area contributed by atoms with Crippen molar-refractivity contribution in [1.82, 2.24) is 5.32 Å². The molecule has 2 unspecified atom stereocenters. The van der Waals surface area contributed by atoms with Crippen molar-refractivity contribution in [3.05, 3.63) is 0 Å². The minimum atomic E-state index is -0.885. The van der Waals surface area contributed by atoms with Crippen molar-refractivity contribution in [2.75, 3.05) is 0 Å². The van der Waals surface area contributed by atoms with E-state index in [1.54, 1.807) is 20.8 Å². The second kappa shape index (κ2) is 6.95. The fraction of sp³-hybridized carbons (Fsp3) is 0.867. The summed E-state index contributed by atoms with van der Waals surface area (Å²) in [7, 11) is 0. The van der Waals surface area contributed by atoms with Crippen LogP contribution in [0.4, 0.5) is 4.79 Å². The Kier molecular flexibility index (Phi) is 5.84. The van der Waals surface area contributed by atoms with Gasteiger partial charge in [0.15, 0.2) is 0 Å². The molecule has 0 aromatic carbocycles. The highest BCUT2D eigenvalue weighted by atomic mass is 16.6. The van der Waals surface area contributed by atoms with Crippen molar-refractivity contribution < 1.29 is 19.4 Å². The van der Waals surface area contributed by atoms with Crippen LogP contribution in [0.2, 0.25) is 0 Å². The Morgan fingerprint density at radius 2 is 1.90 bits per heavy atom. The van der Waals surface area contributed by atoms with E-state index in [1.165, 1.54) is 6.42 Å². The summed E-state index contributed by atoms with van der Waals surface area (Å²) in [6.07, 6.45) is 3.77. The molecule has 3 atom stereocenters. The molecule has 0 spiro atoms. The van der Waals surface area contributed by atoms with Gasteiger partial charge in [0.1, 0.15) is 5.60 Å². The van der Waals surface area contributed by atoms with Gasteiger partial charge in [0.05, 0.1) is 6.42 Å². The average molecular weight is 285 g/mol. The minimum absolute atomic E-state index is 0.0474. The van der Waals surface area contributed by atoms with E-state index in [0.717, 1.165) is 19.3 Å². The van der Waals surface area contributed by atoms with Gasteiger partial charge in [-0.15, -0.1) is 0 Å². The topological polar surface area (TPSA) is 75.6 Å². The van der Waals surface area contributed by atoms with E-state index in [9.17, 15) is 9.59 Å². The summed E-state index contributed by atoms with van der Waals surface area (Å²) in [5.41, 5.74) is -0.573. The lowest BCUT2D eigenvalue weighted by Gasteiger charge is -2.35. The van der Waals surface area contributed by atoms with Crippen molar-refractivity contribution in [1.29, 1.82) is 0 Å². The molecule has 1 aliphatic carbocycles. The molecule has 0 aromatic heterocycles. The van der Waals surface area contributed by atoms with Gasteiger partial charge in [0.25, 0.3) is 0 Å². The minimum Gasteiger partial charge on any atom is -0.481 e. The molecule has 1 saturated carbocycles. The fourth-order valence-electron chi connectivity index (χ4n) is 2.90. The number of carbonyl (C=O) groups excluding carboxylic acids is 1. The first-order chi connectivity index (χ1) is 9.19. The first kappa shape index (κ1) is 16.8. The number of alkyl carbamates (subject to hydrolysis) is 1. The van der Waals surface area contributed by atoms with Crippen molar-refractivity contribution in [2.45, 2.75) is 71.4 Å². The molecule has 20 heavy (non-hydrogen) atoms. The lowest BCUT2D eigenvalue weighted by atomic mass is 9.75. The van der Waals surface area contributed by atoms with Crippen molar-refractivity contribution in [3.8, 4) is 0 Å². The normalized spacial score (nSPS) is 24.8. The van der Waals surface area contributed by atoms with Crippen LogP contribution in [0.15, 0.2) is 0 Å². The van der Waals surface area contributed by atoms with Gasteiger partial charge in [0.2, 0.25) is 0 Å². The molecule has 1 amide bonds. The third-order valence-electron chi connectivity index (χ3n) is 3.79. The Morgan fingerprint density at radius 1 is 1.30 bits per heavy atom. The van der Waals surface area contributed by atoms with Crippen molar-refractivity contribution >= 4 is 12.1 Å². The number of nitrogens with one attached hydrogen (secondary N) is 1. The van der Waals surface area contributed by atoms with E-state index in [0.29, 0.717) is 5.92 Å². The summed E-state index contributed by atoms with van der Waals surface area (Å²) in [4.78, 5) is 22.9. The van der Waals surface area contributed by atoms with Crippen LogP contribution in [-0.4, -0.2) is 28.8 Å². The van der Waals surface area contributed by atoms with Crippen LogP contribution in [0.5, 0.6) is 0 Å². The molecule has 0 aliphatic heterocycles. The van der Waals surface area contributed by atoms with Crippen molar-refractivity contribution in [2.24, 2.45) is 11.8 Å². The summed E-state index contributed by atoms with van der Waals surface area (Å²) < 4.78 is 5.23. The number of hydrogen-bond donors (Lipinski definition) is 2. The van der Waals surface area contributed by atoms with Gasteiger partial charge in [-0.05, 0) is 39.0 Å². The van der Waals surface area contributed by atoms with Crippen LogP contribution >= 0.6 is 0 Å². The quantitative estimate of drug-likeness (QED) is 0.831. The molecule has 0 radical (unpaired) electrons. The Balaban J connectivity index is 2.68. The highest BCUT2D eigenvalue weighted by Gasteiger charge is 2.32. The Morgan fingerprint density at radius 3 is 2.40 bits per heavy atom. The third kappa shape index (κ3) is 5.80. The third-order valence-corrected chi connectivity index (χ3v) is 3.79. The monoisotopic (exact) mass is 285 g/mol. The molecular formula is C15H27NO4. The van der Waals surface area contributed by atoms with Gasteiger partial charge in [-0.25, -0.2) is 4.79 Å². The number of carboxylic acid groups (broad SMARTS) is 1. The maximum absolute atomic E-state index is 11.9. The molecular weight excluding hydrogens is 258 g/mol. The predicted octanol–water partition coefficient (Wildman–Crippen LogP) is 3.18. The number of hydrogen-bond acceptors (Lipinski definition) is 3. The number of carbonyl (C=O) groups is 2. The van der Waals surface area contributed by atoms with E-state index >= 15 is 0 Å². The molecule has 1 fully saturated rings. The second-order valence-electron chi connectivity index (χ2n) is 6.78. The number of amides is 1. The van der Waals surface area contributed by atoms with Gasteiger partial charge in [-0.1, -0.05) is 26.2 Å². The summed E-state index contributed by atoms with van der Waals surface area (Å²) >= 11 is 0. The lowest BCUT2D eigenvalue weighted by Crippen LogP contribution is -2.46. The average Bonchev–Trinajstić information content (AvgIpc) is 2.25. The standard InChI is InChI=1S/C15H27NO4/c1-10-7-5-6-8-11(10)12(9-13(17)18)16-14(19)20-15(2,3)4/h10-12H,5-9H2,1-4H3,(H,16,19)(H,17,18)/t10?,11?,12-/m0/s1. The highest BCUT2D eigenvalue weighted by molar-refractivity contribution is 5.71. The highest BCUT2D eigenvalue weighted by Crippen LogP contribution is 2.33. The van der Waals surface area contributed by atoms with Gasteiger partial charge in [0, 0.05) is 6.04 Å². The van der Waals surface area contributed by atoms with Gasteiger partial charge in [-0.3, -0.25) is 4.79 Å². The van der Waals surface area contributed by atoms with Crippen LogP contribution in [0.3, 0.4) is 0 Å². The van der Waals surface area contributed by atoms with Crippen LogP contribution in [0.1, 0.15) is 59.8 Å². The predicted molar refractivity (Wildman–Crippen MR) is 76.5 cm³/mol. The molecule has 0 saturated heterocycles. The molecule has 0 heterocycles. The Bertz CT molecular complexity index is 348. The second-order valence-corrected chi connectivity index (χ2v) is 6.78. The van der Waals surface area contributed by atoms with Crippen LogP contribution in [-0.2, 0) is 9.53 Å². The van der Waals surface area contributed by atoms with Crippen molar-refractivity contribution in [3.63, 3.8) is 0 Å². The first-order valence-electron chi connectivity index (χ1n) is 7.40. The van der Waals surface area contributed by atoms with E-state index in [1.807, 2.05) is 0 Å². The molecule has 5 nitrogen and oxygen atoms in total. The number of aliphatic carboxylic acids is 1. The maximum Gasteiger partial charge on any atom is 0.407 e. The molecule has 116 valence electrons. The maximum atomic E-state index is 11.9. The van der Waals surface area contributed by atoms with E-state index in [2.05, 4.69) is 12.2 Å². The summed E-state index contributed by atoms with van der Waals surface area (Å²) in [6, 6.07) is -0.349. The number of carboxylic acids is 1. The number of ether oxygens (including phenoxy) is 1. The smallest absolute Gasteiger partial charge is 0.407 e. The van der Waals surface area contributed by atoms with E-state index in [4.69, 9.17) is 9.84 Å². The molecule has 1 rings (SSSR count). The number of rotatable bonds is 4. The largest absolute Gasteiger partial charge is 0.481 e. The Hall–Kier alpha value is -1.26. The SMILES string of the molecule is CC1CCCCC1[C@H](CC(=O)O)NC(=O)OC(C)(C)C. The zero-order chi connectivity index (χ0) is 15.3. The molecule has 0 aromatic rings.